The maximum absolute atomic E-state index is 12.5. The van der Waals surface area contributed by atoms with Gasteiger partial charge in [0.15, 0.2) is 0 Å². The number of hydrogen-bond acceptors (Lipinski definition) is 6. The van der Waals surface area contributed by atoms with Gasteiger partial charge in [0.2, 0.25) is 0 Å². The van der Waals surface area contributed by atoms with Gasteiger partial charge in [-0.15, -0.1) is 0 Å². The summed E-state index contributed by atoms with van der Waals surface area (Å²) < 4.78 is 10.1. The lowest BCUT2D eigenvalue weighted by atomic mass is 9.98. The van der Waals surface area contributed by atoms with Gasteiger partial charge in [-0.3, -0.25) is 15.4 Å². The number of rotatable bonds is 5. The molecule has 31 heavy (non-hydrogen) atoms. The highest BCUT2D eigenvalue weighted by Gasteiger charge is 2.29. The molecule has 0 aromatic heterocycles. The second kappa shape index (κ2) is 8.27. The number of hydrogen-bond donors (Lipinski definition) is 1. The van der Waals surface area contributed by atoms with Gasteiger partial charge in [0.1, 0.15) is 6.61 Å². The Bertz CT molecular complexity index is 1140. The smallest absolute Gasteiger partial charge is 0.411 e. The summed E-state index contributed by atoms with van der Waals surface area (Å²) >= 11 is 0. The third-order valence-electron chi connectivity index (χ3n) is 5.20. The van der Waals surface area contributed by atoms with Crippen LogP contribution in [-0.2, 0) is 9.47 Å². The quantitative estimate of drug-likeness (QED) is 0.364. The van der Waals surface area contributed by atoms with Crippen molar-refractivity contribution in [3.8, 4) is 11.1 Å². The average Bonchev–Trinajstić information content (AvgIpc) is 3.11. The van der Waals surface area contributed by atoms with E-state index in [9.17, 15) is 19.7 Å². The first kappa shape index (κ1) is 20.1. The summed E-state index contributed by atoms with van der Waals surface area (Å²) in [6.07, 6.45) is -0.826. The van der Waals surface area contributed by atoms with Gasteiger partial charge in [-0.2, -0.15) is 0 Å². The standard InChI is InChI=1S/C23H18N2O6/c1-30-22(26)19-11-10-14(25(28)29)12-21(19)24-23(27)31-13-20-17-8-4-2-6-15(17)16-7-3-5-9-18(16)20/h2-12,20H,13H2,1H3,(H,24,27). The molecular weight excluding hydrogens is 400 g/mol. The fourth-order valence-corrected chi connectivity index (χ4v) is 3.78. The summed E-state index contributed by atoms with van der Waals surface area (Å²) in [5.74, 6) is -0.868. The molecule has 0 fully saturated rings. The minimum atomic E-state index is -0.826. The number of methoxy groups -OCH3 is 1. The number of carbonyl (C=O) groups excluding carboxylic acids is 2. The summed E-state index contributed by atoms with van der Waals surface area (Å²) in [6, 6.07) is 19.3. The number of non-ortho nitro benzene ring substituents is 1. The summed E-state index contributed by atoms with van der Waals surface area (Å²) in [5.41, 5.74) is 3.96. The van der Waals surface area contributed by atoms with Gasteiger partial charge < -0.3 is 9.47 Å². The minimum Gasteiger partial charge on any atom is -0.465 e. The van der Waals surface area contributed by atoms with Gasteiger partial charge in [0.25, 0.3) is 5.69 Å². The molecule has 1 aliphatic rings. The highest BCUT2D eigenvalue weighted by atomic mass is 16.6. The van der Waals surface area contributed by atoms with Crippen molar-refractivity contribution in [2.45, 2.75) is 5.92 Å². The lowest BCUT2D eigenvalue weighted by Gasteiger charge is -2.15. The van der Waals surface area contributed by atoms with E-state index >= 15 is 0 Å². The maximum Gasteiger partial charge on any atom is 0.411 e. The monoisotopic (exact) mass is 418 g/mol. The zero-order chi connectivity index (χ0) is 22.0. The van der Waals surface area contributed by atoms with E-state index in [1.165, 1.54) is 13.2 Å². The van der Waals surface area contributed by atoms with Crippen LogP contribution < -0.4 is 5.32 Å². The minimum absolute atomic E-state index is 0.0124. The number of anilines is 1. The van der Waals surface area contributed by atoms with Gasteiger partial charge in [-0.1, -0.05) is 48.5 Å². The third-order valence-corrected chi connectivity index (χ3v) is 5.20. The van der Waals surface area contributed by atoms with Crippen LogP contribution in [0.2, 0.25) is 0 Å². The molecule has 0 spiro atoms. The van der Waals surface area contributed by atoms with Gasteiger partial charge in [0.05, 0.1) is 23.3 Å². The molecule has 0 saturated heterocycles. The van der Waals surface area contributed by atoms with Crippen molar-refractivity contribution < 1.29 is 24.0 Å². The van der Waals surface area contributed by atoms with Crippen LogP contribution in [0.4, 0.5) is 16.2 Å². The second-order valence-corrected chi connectivity index (χ2v) is 6.93. The summed E-state index contributed by atoms with van der Waals surface area (Å²) in [7, 11) is 1.18. The molecule has 0 atom stereocenters. The van der Waals surface area contributed by atoms with E-state index < -0.39 is 17.0 Å². The molecule has 8 nitrogen and oxygen atoms in total. The number of nitrogens with one attached hydrogen (secondary N) is 1. The van der Waals surface area contributed by atoms with Gasteiger partial charge >= 0.3 is 12.1 Å². The molecule has 0 radical (unpaired) electrons. The zero-order valence-electron chi connectivity index (χ0n) is 16.5. The van der Waals surface area contributed by atoms with Crippen LogP contribution >= 0.6 is 0 Å². The lowest BCUT2D eigenvalue weighted by Crippen LogP contribution is -2.19. The number of nitrogens with zero attached hydrogens (tertiary/aromatic N) is 1. The van der Waals surface area contributed by atoms with Crippen molar-refractivity contribution in [3.05, 3.63) is 93.5 Å². The first-order chi connectivity index (χ1) is 15.0. The molecular formula is C23H18N2O6. The van der Waals surface area contributed by atoms with Crippen LogP contribution in [0.1, 0.15) is 27.4 Å². The van der Waals surface area contributed by atoms with Crippen molar-refractivity contribution in [1.29, 1.82) is 0 Å². The zero-order valence-corrected chi connectivity index (χ0v) is 16.5. The second-order valence-electron chi connectivity index (χ2n) is 6.93. The molecule has 1 N–H and O–H groups in total. The number of fused-ring (bicyclic) bond motifs is 3. The third kappa shape index (κ3) is 3.83. The fraction of sp³-hybridized carbons (Fsp3) is 0.130. The highest BCUT2D eigenvalue weighted by molar-refractivity contribution is 6.00. The summed E-state index contributed by atoms with van der Waals surface area (Å²) in [4.78, 5) is 34.9. The van der Waals surface area contributed by atoms with Crippen LogP contribution in [0.5, 0.6) is 0 Å². The van der Waals surface area contributed by atoms with E-state index in [1.807, 2.05) is 48.5 Å². The van der Waals surface area contributed by atoms with Crippen molar-refractivity contribution in [1.82, 2.24) is 0 Å². The maximum atomic E-state index is 12.5. The van der Waals surface area contributed by atoms with E-state index in [1.54, 1.807) is 0 Å². The first-order valence-electron chi connectivity index (χ1n) is 9.48. The number of carbonyl (C=O) groups is 2. The van der Waals surface area contributed by atoms with Crippen LogP contribution in [-0.4, -0.2) is 30.7 Å². The molecule has 156 valence electrons. The van der Waals surface area contributed by atoms with E-state index in [4.69, 9.17) is 4.74 Å². The summed E-state index contributed by atoms with van der Waals surface area (Å²) in [5, 5.41) is 13.5. The van der Waals surface area contributed by atoms with Crippen molar-refractivity contribution in [2.75, 3.05) is 19.0 Å². The Morgan fingerprint density at radius 1 is 1.00 bits per heavy atom. The van der Waals surface area contributed by atoms with Crippen LogP contribution in [0.3, 0.4) is 0 Å². The molecule has 0 unspecified atom stereocenters. The fourth-order valence-electron chi connectivity index (χ4n) is 3.78. The number of ether oxygens (including phenoxy) is 2. The largest absolute Gasteiger partial charge is 0.465 e. The Hall–Kier alpha value is -4.20. The Labute approximate surface area is 177 Å². The molecule has 3 aromatic rings. The number of benzene rings is 3. The van der Waals surface area contributed by atoms with Gasteiger partial charge in [-0.25, -0.2) is 9.59 Å². The lowest BCUT2D eigenvalue weighted by molar-refractivity contribution is -0.384. The Kier molecular flexibility index (Phi) is 5.36. The van der Waals surface area contributed by atoms with Crippen molar-refractivity contribution >= 4 is 23.4 Å². The Balaban J connectivity index is 1.54. The molecule has 4 rings (SSSR count). The van der Waals surface area contributed by atoms with E-state index in [0.717, 1.165) is 34.4 Å². The van der Waals surface area contributed by atoms with Crippen LogP contribution in [0, 0.1) is 10.1 Å². The van der Waals surface area contributed by atoms with Crippen molar-refractivity contribution in [3.63, 3.8) is 0 Å². The molecule has 3 aromatic carbocycles. The van der Waals surface area contributed by atoms with E-state index in [0.29, 0.717) is 0 Å². The van der Waals surface area contributed by atoms with Crippen molar-refractivity contribution in [2.24, 2.45) is 0 Å². The number of esters is 1. The predicted octanol–water partition coefficient (Wildman–Crippen LogP) is 4.74. The van der Waals surface area contributed by atoms with E-state index in [-0.39, 0.29) is 29.5 Å². The van der Waals surface area contributed by atoms with Crippen LogP contribution in [0.15, 0.2) is 66.7 Å². The van der Waals surface area contributed by atoms with Gasteiger partial charge in [0, 0.05) is 18.1 Å². The molecule has 0 bridgehead atoms. The average molecular weight is 418 g/mol. The molecule has 0 saturated carbocycles. The number of nitro groups is 1. The topological polar surface area (TPSA) is 108 Å². The molecule has 8 heteroatoms. The summed E-state index contributed by atoms with van der Waals surface area (Å²) in [6.45, 7) is 0.0718. The molecule has 0 aliphatic heterocycles. The van der Waals surface area contributed by atoms with E-state index in [2.05, 4.69) is 10.1 Å². The molecule has 1 amide bonds. The predicted molar refractivity (Wildman–Crippen MR) is 113 cm³/mol. The Morgan fingerprint density at radius 2 is 1.61 bits per heavy atom. The van der Waals surface area contributed by atoms with Crippen LogP contribution in [0.25, 0.3) is 11.1 Å². The Morgan fingerprint density at radius 3 is 2.19 bits per heavy atom. The highest BCUT2D eigenvalue weighted by Crippen LogP contribution is 2.44. The number of amides is 1. The molecule has 1 aliphatic carbocycles. The first-order valence-corrected chi connectivity index (χ1v) is 9.48. The number of nitro benzene ring substituents is 1. The normalized spacial score (nSPS) is 11.9. The van der Waals surface area contributed by atoms with Gasteiger partial charge in [-0.05, 0) is 28.3 Å². The SMILES string of the molecule is COC(=O)c1ccc([N+](=O)[O-])cc1NC(=O)OCC1c2ccccc2-c2ccccc21. The molecule has 0 heterocycles.